The average molecular weight is 511 g/mol. The number of anilines is 1. The van der Waals surface area contributed by atoms with Gasteiger partial charge < -0.3 is 19.4 Å². The highest BCUT2D eigenvalue weighted by molar-refractivity contribution is 6.77. The maximum atomic E-state index is 15.0. The van der Waals surface area contributed by atoms with E-state index in [1.54, 1.807) is 6.07 Å². The Labute approximate surface area is 213 Å². The summed E-state index contributed by atoms with van der Waals surface area (Å²) in [6.07, 6.45) is 1.46. The van der Waals surface area contributed by atoms with Crippen LogP contribution in [0.15, 0.2) is 18.2 Å². The van der Waals surface area contributed by atoms with Crippen LogP contribution < -0.4 is 15.0 Å². The number of ether oxygens (including phenoxy) is 1. The summed E-state index contributed by atoms with van der Waals surface area (Å²) in [5.41, 5.74) is 2.55. The molecule has 7 heteroatoms. The van der Waals surface area contributed by atoms with Crippen molar-refractivity contribution in [2.45, 2.75) is 128 Å². The number of nitrogens with zero attached hydrogens (tertiary/aromatic N) is 1. The van der Waals surface area contributed by atoms with Crippen LogP contribution in [0.5, 0.6) is 5.75 Å². The van der Waals surface area contributed by atoms with Gasteiger partial charge in [0, 0.05) is 29.9 Å². The monoisotopic (exact) mass is 510 g/mol. The van der Waals surface area contributed by atoms with Gasteiger partial charge in [0.15, 0.2) is 0 Å². The first-order chi connectivity index (χ1) is 16.2. The number of hydrogen-bond acceptors (Lipinski definition) is 4. The second-order valence-corrected chi connectivity index (χ2v) is 17.9. The summed E-state index contributed by atoms with van der Waals surface area (Å²) in [5.74, 6) is 0.225. The molecule has 1 aromatic carbocycles. The largest absolute Gasteiger partial charge is 0.431 e. The fourth-order valence-corrected chi connectivity index (χ4v) is 12.3. The van der Waals surface area contributed by atoms with E-state index >= 15 is 8.78 Å². The minimum absolute atomic E-state index is 0.00554. The van der Waals surface area contributed by atoms with Crippen molar-refractivity contribution in [2.75, 3.05) is 18.1 Å². The molecule has 200 valence electrons. The Morgan fingerprint density at radius 2 is 1.66 bits per heavy atom. The third kappa shape index (κ3) is 6.21. The van der Waals surface area contributed by atoms with Crippen LogP contribution in [0.1, 0.15) is 86.6 Å². The van der Waals surface area contributed by atoms with Gasteiger partial charge >= 0.3 is 6.11 Å². The van der Waals surface area contributed by atoms with Crippen LogP contribution >= 0.6 is 0 Å². The molecule has 1 aromatic rings. The first kappa shape index (κ1) is 28.4. The standard InChI is InChI=1S/C28H48F2N2O2Si/c1-19(2)35(20(3)4,21(5)6)33-18-28(29,30)34-26-15-14-23(16-22(26)7)32-17-27(8,9)31-24-12-10-11-13-25(24)32/h14-16,19-21,24-25,31H,10-13,17-18H2,1-9H3/t24-,25-/m0/s1. The summed E-state index contributed by atoms with van der Waals surface area (Å²) in [4.78, 5) is 2.48. The molecule has 0 aromatic heterocycles. The maximum absolute atomic E-state index is 15.0. The molecule has 1 N–H and O–H groups in total. The second kappa shape index (κ2) is 10.7. The van der Waals surface area contributed by atoms with E-state index in [4.69, 9.17) is 9.16 Å². The molecule has 1 saturated heterocycles. The fourth-order valence-electron chi connectivity index (χ4n) is 6.85. The van der Waals surface area contributed by atoms with Crippen molar-refractivity contribution < 1.29 is 17.9 Å². The fraction of sp³-hybridized carbons (Fsp3) is 0.786. The molecular weight excluding hydrogens is 462 g/mol. The quantitative estimate of drug-likeness (QED) is 0.346. The summed E-state index contributed by atoms with van der Waals surface area (Å²) >= 11 is 0. The highest BCUT2D eigenvalue weighted by Crippen LogP contribution is 2.43. The molecular formula is C28H48F2N2O2Si. The number of fused-ring (bicyclic) bond motifs is 1. The van der Waals surface area contributed by atoms with Crippen molar-refractivity contribution in [2.24, 2.45) is 0 Å². The molecule has 2 atom stereocenters. The van der Waals surface area contributed by atoms with Crippen LogP contribution in [-0.4, -0.2) is 45.2 Å². The van der Waals surface area contributed by atoms with E-state index in [2.05, 4.69) is 65.6 Å². The number of rotatable bonds is 9. The molecule has 1 saturated carbocycles. The van der Waals surface area contributed by atoms with Gasteiger partial charge in [0.1, 0.15) is 12.4 Å². The van der Waals surface area contributed by atoms with Crippen LogP contribution in [-0.2, 0) is 4.43 Å². The molecule has 1 aliphatic carbocycles. The van der Waals surface area contributed by atoms with E-state index in [0.29, 0.717) is 12.1 Å². The Bertz CT molecular complexity index is 838. The summed E-state index contributed by atoms with van der Waals surface area (Å²) in [6.45, 7) is 19.1. The third-order valence-corrected chi connectivity index (χ3v) is 14.3. The smallest absolute Gasteiger partial charge is 0.420 e. The SMILES string of the molecule is Cc1cc(N2CC(C)(C)N[C@H]3CCCC[C@@H]32)ccc1OC(F)(F)CO[Si](C(C)C)(C(C)C)C(C)C. The molecule has 0 unspecified atom stereocenters. The lowest BCUT2D eigenvalue weighted by atomic mass is 9.83. The Balaban J connectivity index is 1.76. The number of hydrogen-bond donors (Lipinski definition) is 1. The lowest BCUT2D eigenvalue weighted by Gasteiger charge is -2.52. The Hall–Kier alpha value is -1.18. The molecule has 3 rings (SSSR count). The van der Waals surface area contributed by atoms with Crippen molar-refractivity contribution >= 4 is 14.0 Å². The summed E-state index contributed by atoms with van der Waals surface area (Å²) in [5, 5.41) is 3.82. The van der Waals surface area contributed by atoms with Gasteiger partial charge in [-0.3, -0.25) is 0 Å². The van der Waals surface area contributed by atoms with Crippen LogP contribution in [0.4, 0.5) is 14.5 Å². The average Bonchev–Trinajstić information content (AvgIpc) is 2.73. The van der Waals surface area contributed by atoms with Gasteiger partial charge in [0.25, 0.3) is 0 Å². The summed E-state index contributed by atoms with van der Waals surface area (Å²) in [7, 11) is -2.40. The van der Waals surface area contributed by atoms with Gasteiger partial charge in [-0.05, 0) is 74.0 Å². The van der Waals surface area contributed by atoms with E-state index in [0.717, 1.165) is 24.2 Å². The molecule has 0 amide bonds. The first-order valence-electron chi connectivity index (χ1n) is 13.5. The number of alkyl halides is 2. The van der Waals surface area contributed by atoms with E-state index in [1.807, 2.05) is 19.1 Å². The van der Waals surface area contributed by atoms with Gasteiger partial charge in [-0.15, -0.1) is 0 Å². The highest BCUT2D eigenvalue weighted by atomic mass is 28.4. The summed E-state index contributed by atoms with van der Waals surface area (Å²) < 4.78 is 41.5. The molecule has 2 fully saturated rings. The molecule has 0 radical (unpaired) electrons. The zero-order chi connectivity index (χ0) is 26.2. The predicted octanol–water partition coefficient (Wildman–Crippen LogP) is 7.66. The van der Waals surface area contributed by atoms with Crippen LogP contribution in [0.3, 0.4) is 0 Å². The Morgan fingerprint density at radius 3 is 2.23 bits per heavy atom. The third-order valence-electron chi connectivity index (χ3n) is 8.22. The zero-order valence-electron chi connectivity index (χ0n) is 23.4. The zero-order valence-corrected chi connectivity index (χ0v) is 24.4. The van der Waals surface area contributed by atoms with Crippen molar-refractivity contribution in [3.63, 3.8) is 0 Å². The number of nitrogens with one attached hydrogen (secondary N) is 1. The molecule has 0 spiro atoms. The summed E-state index contributed by atoms with van der Waals surface area (Å²) in [6, 6.07) is 6.58. The minimum atomic E-state index is -3.38. The Morgan fingerprint density at radius 1 is 1.06 bits per heavy atom. The Kier molecular flexibility index (Phi) is 8.65. The van der Waals surface area contributed by atoms with Gasteiger partial charge in [-0.1, -0.05) is 54.4 Å². The number of piperazine rings is 1. The van der Waals surface area contributed by atoms with Gasteiger partial charge in [0.05, 0.1) is 0 Å². The molecule has 2 aliphatic rings. The van der Waals surface area contributed by atoms with E-state index < -0.39 is 21.0 Å². The molecule has 4 nitrogen and oxygen atoms in total. The maximum Gasteiger partial charge on any atom is 0.420 e. The normalized spacial score (nSPS) is 23.2. The molecule has 1 heterocycles. The van der Waals surface area contributed by atoms with Gasteiger partial charge in [-0.2, -0.15) is 8.78 Å². The predicted molar refractivity (Wildman–Crippen MR) is 144 cm³/mol. The van der Waals surface area contributed by atoms with Crippen LogP contribution in [0, 0.1) is 6.92 Å². The minimum Gasteiger partial charge on any atom is -0.431 e. The van der Waals surface area contributed by atoms with E-state index in [9.17, 15) is 0 Å². The lowest BCUT2D eigenvalue weighted by Crippen LogP contribution is -2.67. The number of benzene rings is 1. The van der Waals surface area contributed by atoms with Crippen molar-refractivity contribution in [3.8, 4) is 5.75 Å². The van der Waals surface area contributed by atoms with Crippen molar-refractivity contribution in [3.05, 3.63) is 23.8 Å². The van der Waals surface area contributed by atoms with E-state index in [1.165, 1.54) is 19.3 Å². The number of aryl methyl sites for hydroxylation is 1. The number of halogens is 2. The van der Waals surface area contributed by atoms with Gasteiger partial charge in [-0.25, -0.2) is 0 Å². The van der Waals surface area contributed by atoms with E-state index in [-0.39, 0.29) is 27.9 Å². The molecule has 1 aliphatic heterocycles. The first-order valence-corrected chi connectivity index (χ1v) is 15.7. The highest BCUT2D eigenvalue weighted by Gasteiger charge is 2.48. The molecule has 0 bridgehead atoms. The van der Waals surface area contributed by atoms with Crippen LogP contribution in [0.2, 0.25) is 16.6 Å². The van der Waals surface area contributed by atoms with Crippen molar-refractivity contribution in [1.82, 2.24) is 5.32 Å². The van der Waals surface area contributed by atoms with Crippen LogP contribution in [0.25, 0.3) is 0 Å². The lowest BCUT2D eigenvalue weighted by molar-refractivity contribution is -0.198. The van der Waals surface area contributed by atoms with Crippen molar-refractivity contribution in [1.29, 1.82) is 0 Å². The topological polar surface area (TPSA) is 33.7 Å². The second-order valence-electron chi connectivity index (χ2n) is 12.4. The molecule has 35 heavy (non-hydrogen) atoms. The van der Waals surface area contributed by atoms with Gasteiger partial charge in [0.2, 0.25) is 8.32 Å².